The fraction of sp³-hybridized carbons (Fsp3) is 0.350. The van der Waals surface area contributed by atoms with E-state index in [4.69, 9.17) is 0 Å². The summed E-state index contributed by atoms with van der Waals surface area (Å²) in [4.78, 5) is 12.9. The summed E-state index contributed by atoms with van der Waals surface area (Å²) in [5, 5.41) is 2.92. The summed E-state index contributed by atoms with van der Waals surface area (Å²) in [6.45, 7) is 2.38. The predicted octanol–water partition coefficient (Wildman–Crippen LogP) is 3.87. The number of nitrogens with zero attached hydrogens (tertiary/aromatic N) is 1. The van der Waals surface area contributed by atoms with E-state index in [9.17, 15) is 17.6 Å². The van der Waals surface area contributed by atoms with Crippen LogP contribution in [0.1, 0.15) is 31.4 Å². The van der Waals surface area contributed by atoms with Gasteiger partial charge in [-0.1, -0.05) is 28.1 Å². The Hall–Kier alpha value is -1.77. The Morgan fingerprint density at radius 3 is 2.46 bits per heavy atom. The molecule has 0 unspecified atom stereocenters. The van der Waals surface area contributed by atoms with Crippen LogP contribution < -0.4 is 5.32 Å². The third kappa shape index (κ3) is 4.79. The van der Waals surface area contributed by atoms with Crippen molar-refractivity contribution >= 4 is 31.9 Å². The van der Waals surface area contributed by atoms with Crippen LogP contribution in [0, 0.1) is 11.7 Å². The van der Waals surface area contributed by atoms with Crippen molar-refractivity contribution < 1.29 is 17.6 Å². The SMILES string of the molecule is C[C@@H](NC(=O)[C@H]1CCCN(S(=O)(=O)c2ccc(Br)cc2)C1)c1ccc(F)cc1. The van der Waals surface area contributed by atoms with Gasteiger partial charge in [-0.25, -0.2) is 12.8 Å². The first-order valence-electron chi connectivity index (χ1n) is 9.09. The van der Waals surface area contributed by atoms with E-state index in [1.165, 1.54) is 16.4 Å². The maximum atomic E-state index is 13.1. The normalized spacial score (nSPS) is 19.2. The average molecular weight is 469 g/mol. The molecule has 2 atom stereocenters. The van der Waals surface area contributed by atoms with Crippen molar-refractivity contribution in [1.82, 2.24) is 9.62 Å². The number of nitrogens with one attached hydrogen (secondary N) is 1. The lowest BCUT2D eigenvalue weighted by molar-refractivity contribution is -0.126. The maximum Gasteiger partial charge on any atom is 0.243 e. The molecule has 0 aliphatic carbocycles. The highest BCUT2D eigenvalue weighted by Gasteiger charge is 2.33. The molecule has 0 aromatic heterocycles. The number of piperidine rings is 1. The van der Waals surface area contributed by atoms with Crippen LogP contribution in [0.25, 0.3) is 0 Å². The summed E-state index contributed by atoms with van der Waals surface area (Å²) in [7, 11) is -3.64. The molecule has 1 heterocycles. The van der Waals surface area contributed by atoms with Crippen LogP contribution in [-0.4, -0.2) is 31.7 Å². The zero-order valence-corrected chi connectivity index (χ0v) is 17.8. The van der Waals surface area contributed by atoms with E-state index in [2.05, 4.69) is 21.2 Å². The number of hydrogen-bond donors (Lipinski definition) is 1. The molecule has 1 aliphatic heterocycles. The zero-order valence-electron chi connectivity index (χ0n) is 15.4. The Kier molecular flexibility index (Phi) is 6.52. The number of benzene rings is 2. The largest absolute Gasteiger partial charge is 0.349 e. The van der Waals surface area contributed by atoms with Crippen LogP contribution in [-0.2, 0) is 14.8 Å². The number of rotatable bonds is 5. The van der Waals surface area contributed by atoms with E-state index in [-0.39, 0.29) is 29.2 Å². The van der Waals surface area contributed by atoms with Crippen molar-refractivity contribution in [1.29, 1.82) is 0 Å². The number of sulfonamides is 1. The minimum atomic E-state index is -3.64. The van der Waals surface area contributed by atoms with Gasteiger partial charge in [0.15, 0.2) is 0 Å². The van der Waals surface area contributed by atoms with Gasteiger partial charge in [0.1, 0.15) is 5.82 Å². The monoisotopic (exact) mass is 468 g/mol. The molecule has 0 bridgehead atoms. The lowest BCUT2D eigenvalue weighted by Gasteiger charge is -2.32. The molecule has 2 aromatic rings. The van der Waals surface area contributed by atoms with Gasteiger partial charge in [0.25, 0.3) is 0 Å². The molecule has 1 N–H and O–H groups in total. The van der Waals surface area contributed by atoms with E-state index in [1.807, 2.05) is 6.92 Å². The van der Waals surface area contributed by atoms with Crippen molar-refractivity contribution in [2.45, 2.75) is 30.7 Å². The minimum absolute atomic E-state index is 0.153. The molecule has 1 fully saturated rings. The smallest absolute Gasteiger partial charge is 0.243 e. The van der Waals surface area contributed by atoms with Crippen LogP contribution in [0.4, 0.5) is 4.39 Å². The summed E-state index contributed by atoms with van der Waals surface area (Å²) in [5.74, 6) is -0.933. The van der Waals surface area contributed by atoms with Crippen molar-refractivity contribution in [3.8, 4) is 0 Å². The summed E-state index contributed by atoms with van der Waals surface area (Å²) in [6, 6.07) is 12.2. The summed E-state index contributed by atoms with van der Waals surface area (Å²) in [5.41, 5.74) is 0.796. The van der Waals surface area contributed by atoms with E-state index in [0.29, 0.717) is 19.4 Å². The molecule has 1 saturated heterocycles. The molecule has 28 heavy (non-hydrogen) atoms. The molecule has 150 valence electrons. The van der Waals surface area contributed by atoms with Gasteiger partial charge in [0.05, 0.1) is 16.9 Å². The standard InChI is InChI=1S/C20H22BrFN2O3S/c1-14(15-4-8-18(22)9-5-15)23-20(25)16-3-2-12-24(13-16)28(26,27)19-10-6-17(21)7-11-19/h4-11,14,16H,2-3,12-13H2,1H3,(H,23,25)/t14-,16+/m1/s1. The first-order chi connectivity index (χ1) is 13.3. The molecule has 1 amide bonds. The molecular weight excluding hydrogens is 447 g/mol. The first kappa shape index (κ1) is 21.0. The Balaban J connectivity index is 1.67. The van der Waals surface area contributed by atoms with Crippen molar-refractivity contribution in [2.24, 2.45) is 5.92 Å². The van der Waals surface area contributed by atoms with Crippen LogP contribution in [0.5, 0.6) is 0 Å². The molecule has 5 nitrogen and oxygen atoms in total. The van der Waals surface area contributed by atoms with E-state index >= 15 is 0 Å². The second kappa shape index (κ2) is 8.71. The van der Waals surface area contributed by atoms with Crippen LogP contribution in [0.3, 0.4) is 0 Å². The Labute approximate surface area is 173 Å². The Morgan fingerprint density at radius 1 is 1.18 bits per heavy atom. The summed E-state index contributed by atoms with van der Waals surface area (Å²) < 4.78 is 41.0. The second-order valence-corrected chi connectivity index (χ2v) is 9.79. The summed E-state index contributed by atoms with van der Waals surface area (Å²) in [6.07, 6.45) is 1.26. The highest BCUT2D eigenvalue weighted by atomic mass is 79.9. The molecule has 8 heteroatoms. The number of hydrogen-bond acceptors (Lipinski definition) is 3. The van der Waals surface area contributed by atoms with Gasteiger partial charge in [0.2, 0.25) is 15.9 Å². The quantitative estimate of drug-likeness (QED) is 0.723. The van der Waals surface area contributed by atoms with Gasteiger partial charge in [-0.3, -0.25) is 4.79 Å². The van der Waals surface area contributed by atoms with Gasteiger partial charge in [0, 0.05) is 17.6 Å². The molecule has 3 rings (SSSR count). The second-order valence-electron chi connectivity index (χ2n) is 6.94. The van der Waals surface area contributed by atoms with Gasteiger partial charge < -0.3 is 5.32 Å². The zero-order chi connectivity index (χ0) is 20.3. The molecule has 0 saturated carbocycles. The maximum absolute atomic E-state index is 13.1. The van der Waals surface area contributed by atoms with E-state index in [1.54, 1.807) is 36.4 Å². The van der Waals surface area contributed by atoms with Crippen LogP contribution >= 0.6 is 15.9 Å². The third-order valence-corrected chi connectivity index (χ3v) is 7.34. The summed E-state index contributed by atoms with van der Waals surface area (Å²) >= 11 is 3.30. The number of carbonyl (C=O) groups is 1. The Bertz CT molecular complexity index is 933. The number of carbonyl (C=O) groups excluding carboxylic acids is 1. The van der Waals surface area contributed by atoms with Gasteiger partial charge in [-0.15, -0.1) is 0 Å². The fourth-order valence-corrected chi connectivity index (χ4v) is 5.08. The van der Waals surface area contributed by atoms with E-state index in [0.717, 1.165) is 10.0 Å². The molecule has 1 aliphatic rings. The van der Waals surface area contributed by atoms with Crippen LogP contribution in [0.2, 0.25) is 0 Å². The van der Waals surface area contributed by atoms with Crippen molar-refractivity contribution in [3.63, 3.8) is 0 Å². The van der Waals surface area contributed by atoms with E-state index < -0.39 is 15.9 Å². The molecule has 2 aromatic carbocycles. The first-order valence-corrected chi connectivity index (χ1v) is 11.3. The Morgan fingerprint density at radius 2 is 1.82 bits per heavy atom. The highest BCUT2D eigenvalue weighted by Crippen LogP contribution is 2.25. The lowest BCUT2D eigenvalue weighted by atomic mass is 9.98. The average Bonchev–Trinajstić information content (AvgIpc) is 2.69. The lowest BCUT2D eigenvalue weighted by Crippen LogP contribution is -2.45. The van der Waals surface area contributed by atoms with Crippen molar-refractivity contribution in [2.75, 3.05) is 13.1 Å². The van der Waals surface area contributed by atoms with Gasteiger partial charge in [-0.2, -0.15) is 4.31 Å². The number of halogens is 2. The predicted molar refractivity (Wildman–Crippen MR) is 109 cm³/mol. The molecular formula is C20H22BrFN2O3S. The van der Waals surface area contributed by atoms with Gasteiger partial charge in [-0.05, 0) is 61.7 Å². The highest BCUT2D eigenvalue weighted by molar-refractivity contribution is 9.10. The number of amides is 1. The van der Waals surface area contributed by atoms with Crippen LogP contribution in [0.15, 0.2) is 57.9 Å². The van der Waals surface area contributed by atoms with Gasteiger partial charge >= 0.3 is 0 Å². The third-order valence-electron chi connectivity index (χ3n) is 4.94. The molecule has 0 spiro atoms. The van der Waals surface area contributed by atoms with Crippen molar-refractivity contribution in [3.05, 3.63) is 64.4 Å². The minimum Gasteiger partial charge on any atom is -0.349 e. The molecule has 0 radical (unpaired) electrons. The fourth-order valence-electron chi connectivity index (χ4n) is 3.30. The topological polar surface area (TPSA) is 66.5 Å².